The molecule has 5 amide bonds. The van der Waals surface area contributed by atoms with Gasteiger partial charge in [-0.15, -0.1) is 0 Å². The molecule has 0 aliphatic carbocycles. The number of imide groups is 2. The standard InChI is InChI=1S/C22H12N4O5/c27-18(24-26-21(30)14-5-1-2-6-15(14)22(26)31)12-7-8-16-17(10-12)20(29)25(19(16)28)13-4-3-9-23-11-13/h1-11H,(H,24,27). The Hall–Kier alpha value is -4.66. The molecule has 0 bridgehead atoms. The number of aromatic nitrogens is 1. The van der Waals surface area contributed by atoms with Crippen LogP contribution in [0.3, 0.4) is 0 Å². The molecule has 0 unspecified atom stereocenters. The van der Waals surface area contributed by atoms with Gasteiger partial charge in [0, 0.05) is 11.8 Å². The summed E-state index contributed by atoms with van der Waals surface area (Å²) in [6, 6.07) is 13.4. The average Bonchev–Trinajstić information content (AvgIpc) is 3.19. The number of carbonyl (C=O) groups excluding carboxylic acids is 5. The van der Waals surface area contributed by atoms with Crippen LogP contribution in [0.4, 0.5) is 5.69 Å². The van der Waals surface area contributed by atoms with Gasteiger partial charge in [-0.05, 0) is 42.5 Å². The number of hydrogen-bond acceptors (Lipinski definition) is 6. The van der Waals surface area contributed by atoms with E-state index in [0.29, 0.717) is 10.7 Å². The van der Waals surface area contributed by atoms with Crippen molar-refractivity contribution in [1.82, 2.24) is 15.4 Å². The molecule has 0 saturated heterocycles. The smallest absolute Gasteiger partial charge is 0.268 e. The molecule has 0 spiro atoms. The summed E-state index contributed by atoms with van der Waals surface area (Å²) in [4.78, 5) is 67.9. The second-order valence-corrected chi connectivity index (χ2v) is 6.85. The van der Waals surface area contributed by atoms with Crippen LogP contribution in [-0.2, 0) is 0 Å². The van der Waals surface area contributed by atoms with E-state index in [2.05, 4.69) is 10.4 Å². The van der Waals surface area contributed by atoms with Gasteiger partial charge in [-0.25, -0.2) is 4.90 Å². The van der Waals surface area contributed by atoms with Gasteiger partial charge in [-0.2, -0.15) is 5.01 Å². The van der Waals surface area contributed by atoms with Crippen LogP contribution < -0.4 is 10.3 Å². The van der Waals surface area contributed by atoms with Crippen LogP contribution >= 0.6 is 0 Å². The van der Waals surface area contributed by atoms with Gasteiger partial charge < -0.3 is 0 Å². The molecule has 9 heteroatoms. The number of hydrazine groups is 1. The van der Waals surface area contributed by atoms with Gasteiger partial charge in [0.1, 0.15) is 0 Å². The summed E-state index contributed by atoms with van der Waals surface area (Å²) < 4.78 is 0. The first-order valence-electron chi connectivity index (χ1n) is 9.19. The van der Waals surface area contributed by atoms with Crippen molar-refractivity contribution >= 4 is 35.2 Å². The first-order valence-corrected chi connectivity index (χ1v) is 9.19. The molecular formula is C22H12N4O5. The molecule has 0 fully saturated rings. The number of fused-ring (bicyclic) bond motifs is 2. The fraction of sp³-hybridized carbons (Fsp3) is 0. The van der Waals surface area contributed by atoms with E-state index in [-0.39, 0.29) is 27.8 Å². The molecule has 9 nitrogen and oxygen atoms in total. The molecule has 2 aliphatic heterocycles. The highest BCUT2D eigenvalue weighted by Crippen LogP contribution is 2.29. The monoisotopic (exact) mass is 412 g/mol. The number of pyridine rings is 1. The number of rotatable bonds is 3. The lowest BCUT2D eigenvalue weighted by Crippen LogP contribution is -2.45. The van der Waals surface area contributed by atoms with Gasteiger partial charge in [-0.1, -0.05) is 12.1 Å². The predicted molar refractivity (Wildman–Crippen MR) is 106 cm³/mol. The Kier molecular flexibility index (Phi) is 3.97. The van der Waals surface area contributed by atoms with E-state index in [9.17, 15) is 24.0 Å². The molecule has 0 atom stereocenters. The van der Waals surface area contributed by atoms with Crippen molar-refractivity contribution in [3.8, 4) is 0 Å². The van der Waals surface area contributed by atoms with Crippen LogP contribution in [0.15, 0.2) is 67.0 Å². The topological polar surface area (TPSA) is 117 Å². The lowest BCUT2D eigenvalue weighted by Gasteiger charge is -2.15. The third kappa shape index (κ3) is 2.71. The molecule has 0 radical (unpaired) electrons. The molecule has 5 rings (SSSR count). The number of nitrogens with zero attached hydrogens (tertiary/aromatic N) is 3. The Morgan fingerprint density at radius 1 is 0.742 bits per heavy atom. The molecule has 1 N–H and O–H groups in total. The minimum Gasteiger partial charge on any atom is -0.268 e. The van der Waals surface area contributed by atoms with Gasteiger partial charge in [0.15, 0.2) is 0 Å². The van der Waals surface area contributed by atoms with Crippen LogP contribution in [0.1, 0.15) is 51.8 Å². The van der Waals surface area contributed by atoms with Gasteiger partial charge >= 0.3 is 0 Å². The maximum absolute atomic E-state index is 12.8. The van der Waals surface area contributed by atoms with Gasteiger partial charge in [0.05, 0.1) is 34.1 Å². The van der Waals surface area contributed by atoms with Crippen LogP contribution in [0.2, 0.25) is 0 Å². The van der Waals surface area contributed by atoms with E-state index in [1.807, 2.05) is 0 Å². The SMILES string of the molecule is O=C(NN1C(=O)c2ccccc2C1=O)c1ccc2c(c1)C(=O)N(c1cccnc1)C2=O. The van der Waals surface area contributed by atoms with E-state index in [1.165, 1.54) is 42.7 Å². The fourth-order valence-corrected chi connectivity index (χ4v) is 3.56. The summed E-state index contributed by atoms with van der Waals surface area (Å²) in [6.45, 7) is 0. The predicted octanol–water partition coefficient (Wildman–Crippen LogP) is 1.82. The third-order valence-electron chi connectivity index (χ3n) is 5.06. The number of carbonyl (C=O) groups is 5. The zero-order valence-electron chi connectivity index (χ0n) is 15.7. The molecule has 2 aromatic carbocycles. The summed E-state index contributed by atoms with van der Waals surface area (Å²) in [5, 5.41) is 0.634. The summed E-state index contributed by atoms with van der Waals surface area (Å²) in [7, 11) is 0. The fourth-order valence-electron chi connectivity index (χ4n) is 3.56. The molecule has 2 aliphatic rings. The molecule has 3 aromatic rings. The maximum Gasteiger partial charge on any atom is 0.280 e. The Morgan fingerprint density at radius 3 is 2.03 bits per heavy atom. The third-order valence-corrected chi connectivity index (χ3v) is 5.06. The van der Waals surface area contributed by atoms with E-state index in [1.54, 1.807) is 24.3 Å². The Bertz CT molecular complexity index is 1280. The molecule has 1 aromatic heterocycles. The Balaban J connectivity index is 1.42. The maximum atomic E-state index is 12.8. The Labute approximate surface area is 174 Å². The second-order valence-electron chi connectivity index (χ2n) is 6.85. The van der Waals surface area contributed by atoms with Gasteiger partial charge in [-0.3, -0.25) is 34.4 Å². The first-order chi connectivity index (χ1) is 15.0. The minimum absolute atomic E-state index is 0.0180. The van der Waals surface area contributed by atoms with Crippen molar-refractivity contribution in [1.29, 1.82) is 0 Å². The average molecular weight is 412 g/mol. The van der Waals surface area contributed by atoms with Crippen molar-refractivity contribution in [2.75, 3.05) is 4.90 Å². The molecular weight excluding hydrogens is 400 g/mol. The second kappa shape index (κ2) is 6.70. The van der Waals surface area contributed by atoms with Crippen LogP contribution in [-0.4, -0.2) is 39.5 Å². The van der Waals surface area contributed by atoms with E-state index < -0.39 is 29.5 Å². The molecule has 3 heterocycles. The lowest BCUT2D eigenvalue weighted by molar-refractivity contribution is 0.0518. The Morgan fingerprint density at radius 2 is 1.39 bits per heavy atom. The van der Waals surface area contributed by atoms with Crippen LogP contribution in [0, 0.1) is 0 Å². The van der Waals surface area contributed by atoms with Crippen molar-refractivity contribution in [3.63, 3.8) is 0 Å². The number of hydrogen-bond donors (Lipinski definition) is 1. The highest BCUT2D eigenvalue weighted by molar-refractivity contribution is 6.34. The van der Waals surface area contributed by atoms with E-state index >= 15 is 0 Å². The number of nitrogens with one attached hydrogen (secondary N) is 1. The van der Waals surface area contributed by atoms with Crippen molar-refractivity contribution in [2.24, 2.45) is 0 Å². The zero-order valence-corrected chi connectivity index (χ0v) is 15.7. The highest BCUT2D eigenvalue weighted by atomic mass is 16.2. The van der Waals surface area contributed by atoms with Crippen molar-refractivity contribution in [2.45, 2.75) is 0 Å². The van der Waals surface area contributed by atoms with Gasteiger partial charge in [0.2, 0.25) is 0 Å². The minimum atomic E-state index is -0.766. The van der Waals surface area contributed by atoms with Crippen molar-refractivity contribution in [3.05, 3.63) is 94.8 Å². The van der Waals surface area contributed by atoms with E-state index in [0.717, 1.165) is 4.90 Å². The number of anilines is 1. The lowest BCUT2D eigenvalue weighted by atomic mass is 10.1. The first kappa shape index (κ1) is 18.4. The largest absolute Gasteiger partial charge is 0.280 e. The summed E-state index contributed by atoms with van der Waals surface area (Å²) in [5.74, 6) is -3.19. The quantitative estimate of drug-likeness (QED) is 0.656. The molecule has 31 heavy (non-hydrogen) atoms. The van der Waals surface area contributed by atoms with Gasteiger partial charge in [0.25, 0.3) is 29.5 Å². The zero-order chi connectivity index (χ0) is 21.7. The van der Waals surface area contributed by atoms with E-state index in [4.69, 9.17) is 0 Å². The number of benzene rings is 2. The summed E-state index contributed by atoms with van der Waals surface area (Å²) in [5.41, 5.74) is 3.17. The summed E-state index contributed by atoms with van der Waals surface area (Å²) >= 11 is 0. The van der Waals surface area contributed by atoms with Crippen LogP contribution in [0.25, 0.3) is 0 Å². The normalized spacial score (nSPS) is 14.7. The van der Waals surface area contributed by atoms with Crippen LogP contribution in [0.5, 0.6) is 0 Å². The summed E-state index contributed by atoms with van der Waals surface area (Å²) in [6.07, 6.45) is 2.90. The highest BCUT2D eigenvalue weighted by Gasteiger charge is 2.39. The number of amides is 5. The van der Waals surface area contributed by atoms with Crippen molar-refractivity contribution < 1.29 is 24.0 Å². The molecule has 0 saturated carbocycles. The molecule has 150 valence electrons.